The second-order valence-electron chi connectivity index (χ2n) is 5.54. The Morgan fingerprint density at radius 3 is 2.33 bits per heavy atom. The summed E-state index contributed by atoms with van der Waals surface area (Å²) in [5.41, 5.74) is 0.375. The highest BCUT2D eigenvalue weighted by Gasteiger charge is 2.45. The molecule has 1 aliphatic rings. The zero-order chi connectivity index (χ0) is 17.2. The Hall–Kier alpha value is -2.42. The molecule has 1 N–H and O–H groups in total. The molecule has 0 radical (unpaired) electrons. The molecule has 1 aliphatic heterocycles. The van der Waals surface area contributed by atoms with Crippen molar-refractivity contribution in [2.75, 3.05) is 26.2 Å². The van der Waals surface area contributed by atoms with Gasteiger partial charge < -0.3 is 4.90 Å². The van der Waals surface area contributed by atoms with Crippen LogP contribution in [0.1, 0.15) is 22.1 Å². The van der Waals surface area contributed by atoms with Gasteiger partial charge in [0, 0.05) is 26.2 Å². The maximum absolute atomic E-state index is 13.5. The third-order valence-corrected chi connectivity index (χ3v) is 4.03. The van der Waals surface area contributed by atoms with E-state index < -0.39 is 12.2 Å². The lowest BCUT2D eigenvalue weighted by atomic mass is 10.0. The van der Waals surface area contributed by atoms with Gasteiger partial charge in [0.05, 0.1) is 6.20 Å². The molecule has 0 bridgehead atoms. The third kappa shape index (κ3) is 3.40. The predicted octanol–water partition coefficient (Wildman–Crippen LogP) is 1.87. The Balaban J connectivity index is 1.71. The van der Waals surface area contributed by atoms with E-state index in [4.69, 9.17) is 0 Å². The van der Waals surface area contributed by atoms with Crippen LogP contribution in [0.15, 0.2) is 36.5 Å². The van der Waals surface area contributed by atoms with E-state index in [-0.39, 0.29) is 43.3 Å². The molecule has 6 nitrogen and oxygen atoms in total. The van der Waals surface area contributed by atoms with Crippen LogP contribution in [-0.4, -0.2) is 63.5 Å². The van der Waals surface area contributed by atoms with Crippen LogP contribution in [0.25, 0.3) is 0 Å². The maximum atomic E-state index is 13.5. The number of aromatic nitrogens is 3. The van der Waals surface area contributed by atoms with Gasteiger partial charge in [-0.1, -0.05) is 30.3 Å². The third-order valence-electron chi connectivity index (χ3n) is 4.03. The van der Waals surface area contributed by atoms with Crippen LogP contribution < -0.4 is 0 Å². The van der Waals surface area contributed by atoms with Crippen molar-refractivity contribution in [3.8, 4) is 0 Å². The molecule has 1 aromatic heterocycles. The van der Waals surface area contributed by atoms with Gasteiger partial charge in [-0.3, -0.25) is 9.69 Å². The maximum Gasteiger partial charge on any atom is 0.408 e. The first-order chi connectivity index (χ1) is 11.5. The van der Waals surface area contributed by atoms with Crippen molar-refractivity contribution < 1.29 is 18.0 Å². The first-order valence-corrected chi connectivity index (χ1v) is 7.47. The summed E-state index contributed by atoms with van der Waals surface area (Å²) in [6, 6.07) is 6.17. The molecule has 24 heavy (non-hydrogen) atoms. The fourth-order valence-corrected chi connectivity index (χ4v) is 2.89. The van der Waals surface area contributed by atoms with Gasteiger partial charge in [0.1, 0.15) is 6.04 Å². The molecular weight excluding hydrogens is 323 g/mol. The topological polar surface area (TPSA) is 65.1 Å². The standard InChI is InChI=1S/C15H16F3N5O/c16-15(17,18)13(11-4-2-1-3-5-11)22-6-8-23(9-7-22)14(24)12-10-19-21-20-12/h1-5,10,13H,6-9H2,(H,19,20,21)/t13-/m1/s1. The zero-order valence-electron chi connectivity index (χ0n) is 12.7. The van der Waals surface area contributed by atoms with Crippen LogP contribution in [-0.2, 0) is 0 Å². The molecule has 2 heterocycles. The number of nitrogens with one attached hydrogen (secondary N) is 1. The number of hydrogen-bond acceptors (Lipinski definition) is 4. The molecule has 0 unspecified atom stereocenters. The number of H-pyrrole nitrogens is 1. The first kappa shape index (κ1) is 16.4. The lowest BCUT2D eigenvalue weighted by Crippen LogP contribution is -2.52. The van der Waals surface area contributed by atoms with Crippen LogP contribution in [0.5, 0.6) is 0 Å². The molecule has 0 spiro atoms. The van der Waals surface area contributed by atoms with Crippen molar-refractivity contribution in [2.45, 2.75) is 12.2 Å². The van der Waals surface area contributed by atoms with E-state index in [1.807, 2.05) is 0 Å². The molecule has 1 atom stereocenters. The van der Waals surface area contributed by atoms with E-state index >= 15 is 0 Å². The normalized spacial score (nSPS) is 17.7. The number of piperazine rings is 1. The Morgan fingerprint density at radius 2 is 1.79 bits per heavy atom. The quantitative estimate of drug-likeness (QED) is 0.927. The summed E-state index contributed by atoms with van der Waals surface area (Å²) in [7, 11) is 0. The van der Waals surface area contributed by atoms with Gasteiger partial charge in [-0.25, -0.2) is 0 Å². The van der Waals surface area contributed by atoms with Crippen molar-refractivity contribution in [3.05, 3.63) is 47.8 Å². The van der Waals surface area contributed by atoms with Crippen molar-refractivity contribution in [2.24, 2.45) is 0 Å². The highest BCUT2D eigenvalue weighted by Crippen LogP contribution is 2.38. The fraction of sp³-hybridized carbons (Fsp3) is 0.400. The van der Waals surface area contributed by atoms with Crippen molar-refractivity contribution in [1.29, 1.82) is 0 Å². The van der Waals surface area contributed by atoms with E-state index in [2.05, 4.69) is 15.4 Å². The van der Waals surface area contributed by atoms with Crippen LogP contribution in [0.4, 0.5) is 13.2 Å². The van der Waals surface area contributed by atoms with E-state index in [9.17, 15) is 18.0 Å². The minimum absolute atomic E-state index is 0.142. The van der Waals surface area contributed by atoms with E-state index in [1.54, 1.807) is 18.2 Å². The Labute approximate surface area is 136 Å². The average Bonchev–Trinajstić information content (AvgIpc) is 3.09. The highest BCUT2D eigenvalue weighted by molar-refractivity contribution is 5.91. The van der Waals surface area contributed by atoms with Gasteiger partial charge in [-0.15, -0.1) is 0 Å². The minimum Gasteiger partial charge on any atom is -0.335 e. The lowest BCUT2D eigenvalue weighted by molar-refractivity contribution is -0.189. The number of carbonyl (C=O) groups is 1. The van der Waals surface area contributed by atoms with Gasteiger partial charge in [0.15, 0.2) is 5.69 Å². The summed E-state index contributed by atoms with van der Waals surface area (Å²) < 4.78 is 40.6. The summed E-state index contributed by atoms with van der Waals surface area (Å²) in [5, 5.41) is 9.63. The summed E-state index contributed by atoms with van der Waals surface area (Å²) in [6.45, 7) is 0.710. The van der Waals surface area contributed by atoms with Crippen LogP contribution in [0.2, 0.25) is 0 Å². The molecular formula is C15H16F3N5O. The molecule has 1 aromatic carbocycles. The number of halogens is 3. The molecule has 1 amide bonds. The number of carbonyl (C=O) groups excluding carboxylic acids is 1. The zero-order valence-corrected chi connectivity index (χ0v) is 12.7. The fourth-order valence-electron chi connectivity index (χ4n) is 2.89. The molecule has 128 valence electrons. The molecule has 3 rings (SSSR count). The number of nitrogens with zero attached hydrogens (tertiary/aromatic N) is 4. The predicted molar refractivity (Wildman–Crippen MR) is 79.1 cm³/mol. The van der Waals surface area contributed by atoms with Gasteiger partial charge in [-0.05, 0) is 5.56 Å². The number of benzene rings is 1. The Bertz CT molecular complexity index is 666. The Kier molecular flexibility index (Phi) is 4.52. The molecule has 0 aliphatic carbocycles. The van der Waals surface area contributed by atoms with Crippen molar-refractivity contribution in [3.63, 3.8) is 0 Å². The van der Waals surface area contributed by atoms with Gasteiger partial charge in [0.25, 0.3) is 5.91 Å². The van der Waals surface area contributed by atoms with Crippen molar-refractivity contribution in [1.82, 2.24) is 25.2 Å². The molecule has 2 aromatic rings. The summed E-state index contributed by atoms with van der Waals surface area (Å²) >= 11 is 0. The van der Waals surface area contributed by atoms with Crippen LogP contribution in [0.3, 0.4) is 0 Å². The van der Waals surface area contributed by atoms with Gasteiger partial charge >= 0.3 is 6.18 Å². The molecule has 0 saturated carbocycles. The summed E-state index contributed by atoms with van der Waals surface area (Å²) in [6.07, 6.45) is -3.07. The number of amides is 1. The van der Waals surface area contributed by atoms with Crippen LogP contribution in [0, 0.1) is 0 Å². The lowest BCUT2D eigenvalue weighted by Gasteiger charge is -2.39. The SMILES string of the molecule is O=C(c1cn[nH]n1)N1CCN([C@H](c2ccccc2)C(F)(F)F)CC1. The number of aromatic amines is 1. The van der Waals surface area contributed by atoms with Crippen molar-refractivity contribution >= 4 is 5.91 Å². The second-order valence-corrected chi connectivity index (χ2v) is 5.54. The van der Waals surface area contributed by atoms with E-state index in [1.165, 1.54) is 28.1 Å². The van der Waals surface area contributed by atoms with Crippen LogP contribution >= 0.6 is 0 Å². The second kappa shape index (κ2) is 6.60. The Morgan fingerprint density at radius 1 is 1.12 bits per heavy atom. The monoisotopic (exact) mass is 339 g/mol. The summed E-state index contributed by atoms with van der Waals surface area (Å²) in [4.78, 5) is 15.0. The molecule has 1 fully saturated rings. The van der Waals surface area contributed by atoms with E-state index in [0.717, 1.165) is 0 Å². The molecule has 9 heteroatoms. The summed E-state index contributed by atoms with van der Waals surface area (Å²) in [5.74, 6) is -0.327. The van der Waals surface area contributed by atoms with Gasteiger partial charge in [-0.2, -0.15) is 28.6 Å². The first-order valence-electron chi connectivity index (χ1n) is 7.47. The largest absolute Gasteiger partial charge is 0.408 e. The minimum atomic E-state index is -4.38. The van der Waals surface area contributed by atoms with Gasteiger partial charge in [0.2, 0.25) is 0 Å². The smallest absolute Gasteiger partial charge is 0.335 e. The number of rotatable bonds is 3. The molecule has 1 saturated heterocycles. The number of hydrogen-bond donors (Lipinski definition) is 1. The highest BCUT2D eigenvalue weighted by atomic mass is 19.4. The number of alkyl halides is 3. The van der Waals surface area contributed by atoms with E-state index in [0.29, 0.717) is 0 Å². The average molecular weight is 339 g/mol.